The number of hydrogen-bond acceptors (Lipinski definition) is 5. The van der Waals surface area contributed by atoms with E-state index in [9.17, 15) is 0 Å². The summed E-state index contributed by atoms with van der Waals surface area (Å²) < 4.78 is 5.83. The molecule has 2 atom stereocenters. The number of ether oxygens (including phenoxy) is 1. The fraction of sp³-hybridized carbons (Fsp3) is 0.565. The zero-order chi connectivity index (χ0) is 20.0. The van der Waals surface area contributed by atoms with E-state index in [-0.39, 0.29) is 5.54 Å². The summed E-state index contributed by atoms with van der Waals surface area (Å²) in [6, 6.07) is 12.7. The number of rotatable bonds is 5. The summed E-state index contributed by atoms with van der Waals surface area (Å²) in [6.07, 6.45) is 2.68. The summed E-state index contributed by atoms with van der Waals surface area (Å²) in [4.78, 5) is 5.07. The summed E-state index contributed by atoms with van der Waals surface area (Å²) in [5, 5.41) is 8.73. The van der Waals surface area contributed by atoms with E-state index in [1.165, 1.54) is 18.4 Å². The van der Waals surface area contributed by atoms with E-state index in [2.05, 4.69) is 58.1 Å². The maximum absolute atomic E-state index is 5.90. The maximum atomic E-state index is 5.90. The fourth-order valence-electron chi connectivity index (χ4n) is 6.04. The molecule has 1 aliphatic heterocycles. The second kappa shape index (κ2) is 7.44. The van der Waals surface area contributed by atoms with E-state index < -0.39 is 0 Å². The first-order chi connectivity index (χ1) is 14.1. The van der Waals surface area contributed by atoms with E-state index in [1.54, 1.807) is 0 Å². The molecular formula is C23H29ClN4O. The number of benzene rings is 1. The number of halogens is 1. The van der Waals surface area contributed by atoms with Crippen molar-refractivity contribution >= 4 is 17.4 Å². The summed E-state index contributed by atoms with van der Waals surface area (Å²) in [6.45, 7) is 9.20. The van der Waals surface area contributed by atoms with Crippen molar-refractivity contribution in [2.75, 3.05) is 37.7 Å². The lowest BCUT2D eigenvalue weighted by atomic mass is 9.89. The summed E-state index contributed by atoms with van der Waals surface area (Å²) in [5.41, 5.74) is 1.64. The average molecular weight is 413 g/mol. The molecule has 5 nitrogen and oxygen atoms in total. The van der Waals surface area contributed by atoms with Crippen LogP contribution in [0, 0.1) is 17.8 Å². The van der Waals surface area contributed by atoms with Gasteiger partial charge >= 0.3 is 0 Å². The molecule has 0 bridgehead atoms. The molecule has 3 fully saturated rings. The quantitative estimate of drug-likeness (QED) is 0.735. The van der Waals surface area contributed by atoms with Crippen molar-refractivity contribution in [1.82, 2.24) is 15.1 Å². The molecule has 6 heteroatoms. The molecule has 1 aromatic heterocycles. The minimum atomic E-state index is 0.192. The van der Waals surface area contributed by atoms with Gasteiger partial charge in [-0.2, -0.15) is 0 Å². The third kappa shape index (κ3) is 3.19. The van der Waals surface area contributed by atoms with Gasteiger partial charge < -0.3 is 9.64 Å². The Balaban J connectivity index is 1.38. The van der Waals surface area contributed by atoms with Gasteiger partial charge in [0, 0.05) is 26.2 Å². The highest BCUT2D eigenvalue weighted by atomic mass is 35.5. The van der Waals surface area contributed by atoms with E-state index >= 15 is 0 Å². The Morgan fingerprint density at radius 2 is 1.83 bits per heavy atom. The van der Waals surface area contributed by atoms with Crippen LogP contribution in [-0.4, -0.2) is 47.9 Å². The highest BCUT2D eigenvalue weighted by molar-refractivity contribution is 6.29. The molecule has 1 aromatic carbocycles. The Labute approximate surface area is 178 Å². The number of aromatic nitrogens is 2. The normalized spacial score (nSPS) is 31.6. The van der Waals surface area contributed by atoms with Crippen LogP contribution in [0.5, 0.6) is 5.75 Å². The highest BCUT2D eigenvalue weighted by Gasteiger charge is 2.70. The monoisotopic (exact) mass is 412 g/mol. The predicted molar refractivity (Wildman–Crippen MR) is 115 cm³/mol. The second-order valence-corrected chi connectivity index (χ2v) is 9.15. The van der Waals surface area contributed by atoms with E-state index in [1.807, 2.05) is 12.1 Å². The van der Waals surface area contributed by atoms with Crippen molar-refractivity contribution in [3.8, 4) is 5.75 Å². The number of anilines is 1. The zero-order valence-corrected chi connectivity index (χ0v) is 18.0. The van der Waals surface area contributed by atoms with E-state index in [0.29, 0.717) is 11.8 Å². The Morgan fingerprint density at radius 1 is 1.07 bits per heavy atom. The van der Waals surface area contributed by atoms with Gasteiger partial charge in [0.15, 0.2) is 11.0 Å². The van der Waals surface area contributed by atoms with Crippen LogP contribution in [0.25, 0.3) is 0 Å². The summed E-state index contributed by atoms with van der Waals surface area (Å²) in [5.74, 6) is 4.31. The van der Waals surface area contributed by atoms with Gasteiger partial charge in [-0.15, -0.1) is 10.2 Å². The highest BCUT2D eigenvalue weighted by Crippen LogP contribution is 2.70. The molecule has 0 amide bonds. The van der Waals surface area contributed by atoms with Crippen molar-refractivity contribution in [2.24, 2.45) is 17.8 Å². The van der Waals surface area contributed by atoms with Crippen molar-refractivity contribution in [3.63, 3.8) is 0 Å². The van der Waals surface area contributed by atoms with Crippen LogP contribution in [0.3, 0.4) is 0 Å². The fourth-order valence-corrected chi connectivity index (χ4v) is 6.14. The van der Waals surface area contributed by atoms with Crippen molar-refractivity contribution in [2.45, 2.75) is 32.2 Å². The maximum Gasteiger partial charge on any atom is 0.151 e. The van der Waals surface area contributed by atoms with Crippen LogP contribution in [-0.2, 0) is 5.54 Å². The minimum Gasteiger partial charge on any atom is -0.494 e. The first-order valence-corrected chi connectivity index (χ1v) is 11.2. The SMILES string of the molecule is CCOc1cccc(C2(N3CCN(c4ccc(Cl)nn4)CC3)C3CC(C)CC32)c1. The smallest absolute Gasteiger partial charge is 0.151 e. The Bertz CT molecular complexity index is 853. The van der Waals surface area contributed by atoms with Crippen LogP contribution in [0.2, 0.25) is 5.15 Å². The van der Waals surface area contributed by atoms with Crippen LogP contribution < -0.4 is 9.64 Å². The molecule has 2 heterocycles. The Kier molecular flexibility index (Phi) is 4.91. The molecule has 2 unspecified atom stereocenters. The van der Waals surface area contributed by atoms with E-state index in [4.69, 9.17) is 16.3 Å². The Hall–Kier alpha value is -1.85. The third-order valence-electron chi connectivity index (χ3n) is 7.17. The average Bonchev–Trinajstić information content (AvgIpc) is 3.16. The van der Waals surface area contributed by atoms with Gasteiger partial charge in [-0.25, -0.2) is 0 Å². The molecule has 29 heavy (non-hydrogen) atoms. The van der Waals surface area contributed by atoms with Crippen LogP contribution >= 0.6 is 11.6 Å². The first kappa shape index (κ1) is 19.1. The summed E-state index contributed by atoms with van der Waals surface area (Å²) in [7, 11) is 0. The molecular weight excluding hydrogens is 384 g/mol. The molecule has 0 N–H and O–H groups in total. The number of piperazine rings is 1. The van der Waals surface area contributed by atoms with Gasteiger partial charge in [0.25, 0.3) is 0 Å². The largest absolute Gasteiger partial charge is 0.494 e. The minimum absolute atomic E-state index is 0.192. The lowest BCUT2D eigenvalue weighted by molar-refractivity contribution is 0.124. The zero-order valence-electron chi connectivity index (χ0n) is 17.2. The molecule has 0 radical (unpaired) electrons. The van der Waals surface area contributed by atoms with Gasteiger partial charge in [0.05, 0.1) is 12.1 Å². The molecule has 2 saturated carbocycles. The lowest BCUT2D eigenvalue weighted by Crippen LogP contribution is -2.52. The molecule has 2 aliphatic carbocycles. The topological polar surface area (TPSA) is 41.5 Å². The van der Waals surface area contributed by atoms with Crippen molar-refractivity contribution in [3.05, 3.63) is 47.1 Å². The predicted octanol–water partition coefficient (Wildman–Crippen LogP) is 4.22. The molecule has 2 aromatic rings. The van der Waals surface area contributed by atoms with Gasteiger partial charge in [-0.05, 0) is 67.3 Å². The first-order valence-electron chi connectivity index (χ1n) is 10.9. The molecule has 5 rings (SSSR count). The number of nitrogens with zero attached hydrogens (tertiary/aromatic N) is 4. The second-order valence-electron chi connectivity index (χ2n) is 8.76. The standard InChI is InChI=1S/C23H29ClN4O/c1-3-29-18-6-4-5-17(15-18)23(19-13-16(2)14-20(19)23)28-11-9-27(10-12-28)22-8-7-21(24)25-26-22/h4-8,15-16,19-20H,3,9-14H2,1-2H3. The van der Waals surface area contributed by atoms with Crippen molar-refractivity contribution < 1.29 is 4.74 Å². The molecule has 1 saturated heterocycles. The van der Waals surface area contributed by atoms with E-state index in [0.717, 1.165) is 55.5 Å². The van der Waals surface area contributed by atoms with Crippen LogP contribution in [0.15, 0.2) is 36.4 Å². The van der Waals surface area contributed by atoms with Crippen LogP contribution in [0.4, 0.5) is 5.82 Å². The third-order valence-corrected chi connectivity index (χ3v) is 7.37. The number of fused-ring (bicyclic) bond motifs is 1. The summed E-state index contributed by atoms with van der Waals surface area (Å²) >= 11 is 5.90. The Morgan fingerprint density at radius 3 is 2.48 bits per heavy atom. The van der Waals surface area contributed by atoms with Gasteiger partial charge in [-0.3, -0.25) is 4.90 Å². The van der Waals surface area contributed by atoms with Crippen molar-refractivity contribution in [1.29, 1.82) is 0 Å². The molecule has 3 aliphatic rings. The molecule has 0 spiro atoms. The lowest BCUT2D eigenvalue weighted by Gasteiger charge is -2.42. The van der Waals surface area contributed by atoms with Gasteiger partial charge in [0.1, 0.15) is 5.75 Å². The van der Waals surface area contributed by atoms with Gasteiger partial charge in [-0.1, -0.05) is 30.7 Å². The van der Waals surface area contributed by atoms with Crippen LogP contribution in [0.1, 0.15) is 32.3 Å². The van der Waals surface area contributed by atoms with Gasteiger partial charge in [0.2, 0.25) is 0 Å². The number of hydrogen-bond donors (Lipinski definition) is 0. The molecule has 154 valence electrons.